The third-order valence-corrected chi connectivity index (χ3v) is 5.21. The van der Waals surface area contributed by atoms with E-state index in [2.05, 4.69) is 4.98 Å². The maximum Gasteiger partial charge on any atom is 0.260 e. The number of halogens is 3. The quantitative estimate of drug-likeness (QED) is 0.579. The first-order chi connectivity index (χ1) is 15.0. The topological polar surface area (TPSA) is 55.6 Å². The molecule has 1 atom stereocenters. The predicted octanol–water partition coefficient (Wildman–Crippen LogP) is 4.47. The van der Waals surface area contributed by atoms with Crippen molar-refractivity contribution < 1.29 is 27.1 Å². The Morgan fingerprint density at radius 3 is 2.81 bits per heavy atom. The van der Waals surface area contributed by atoms with Crippen molar-refractivity contribution in [1.29, 1.82) is 0 Å². The molecule has 0 spiro atoms. The number of aromatic nitrogens is 1. The van der Waals surface area contributed by atoms with E-state index in [1.54, 1.807) is 17.2 Å². The summed E-state index contributed by atoms with van der Waals surface area (Å²) in [4.78, 5) is 18.5. The normalized spacial score (nSPS) is 16.4. The number of hydrogen-bond donors (Lipinski definition) is 0. The van der Waals surface area contributed by atoms with Gasteiger partial charge in [0.2, 0.25) is 0 Å². The summed E-state index contributed by atoms with van der Waals surface area (Å²) in [5.41, 5.74) is 0.785. The summed E-state index contributed by atoms with van der Waals surface area (Å²) in [6.07, 6.45) is 3.64. The van der Waals surface area contributed by atoms with Gasteiger partial charge in [0.15, 0.2) is 24.1 Å². The number of likely N-dealkylation sites (tertiary alicyclic amines) is 1. The molecule has 1 amide bonds. The number of hydrogen-bond acceptors (Lipinski definition) is 4. The Morgan fingerprint density at radius 1 is 1.16 bits per heavy atom. The zero-order valence-electron chi connectivity index (χ0n) is 16.7. The lowest BCUT2D eigenvalue weighted by atomic mass is 9.98. The van der Waals surface area contributed by atoms with E-state index >= 15 is 0 Å². The molecule has 1 aliphatic rings. The molecule has 31 heavy (non-hydrogen) atoms. The predicted molar refractivity (Wildman–Crippen MR) is 106 cm³/mol. The maximum absolute atomic E-state index is 13.7. The zero-order valence-corrected chi connectivity index (χ0v) is 16.7. The molecule has 0 unspecified atom stereocenters. The summed E-state index contributed by atoms with van der Waals surface area (Å²) in [6, 6.07) is 9.24. The molecule has 3 aromatic rings. The zero-order chi connectivity index (χ0) is 21.8. The smallest absolute Gasteiger partial charge is 0.260 e. The molecular weight excluding hydrogens is 409 g/mol. The van der Waals surface area contributed by atoms with Crippen LogP contribution in [0.4, 0.5) is 13.2 Å². The SMILES string of the molecule is O=C(COc1ccc(F)cc1F)N1CCC[C@@H](c2ncc(Cc3cccc(F)c3)o2)C1. The van der Waals surface area contributed by atoms with Crippen LogP contribution in [0.15, 0.2) is 53.1 Å². The third-order valence-electron chi connectivity index (χ3n) is 5.21. The number of amides is 1. The average Bonchev–Trinajstić information content (AvgIpc) is 3.21. The molecule has 5 nitrogen and oxygen atoms in total. The fourth-order valence-electron chi connectivity index (χ4n) is 3.67. The highest BCUT2D eigenvalue weighted by Crippen LogP contribution is 2.27. The van der Waals surface area contributed by atoms with Gasteiger partial charge in [0, 0.05) is 25.6 Å². The second-order valence-corrected chi connectivity index (χ2v) is 7.51. The first-order valence-corrected chi connectivity index (χ1v) is 10.0. The minimum Gasteiger partial charge on any atom is -0.481 e. The number of ether oxygens (including phenoxy) is 1. The van der Waals surface area contributed by atoms with Gasteiger partial charge >= 0.3 is 0 Å². The van der Waals surface area contributed by atoms with Crippen LogP contribution in [0, 0.1) is 17.5 Å². The second-order valence-electron chi connectivity index (χ2n) is 7.51. The Hall–Kier alpha value is -3.29. The van der Waals surface area contributed by atoms with Crippen molar-refractivity contribution in [3.8, 4) is 5.75 Å². The fraction of sp³-hybridized carbons (Fsp3) is 0.304. The Kier molecular flexibility index (Phi) is 6.25. The van der Waals surface area contributed by atoms with E-state index < -0.39 is 11.6 Å². The van der Waals surface area contributed by atoms with Crippen molar-refractivity contribution in [2.75, 3.05) is 19.7 Å². The Morgan fingerprint density at radius 2 is 2.00 bits per heavy atom. The summed E-state index contributed by atoms with van der Waals surface area (Å²) < 4.78 is 51.1. The van der Waals surface area contributed by atoms with E-state index in [-0.39, 0.29) is 30.0 Å². The Labute approximate surface area is 177 Å². The molecule has 0 bridgehead atoms. The largest absolute Gasteiger partial charge is 0.481 e. The van der Waals surface area contributed by atoms with Crippen LogP contribution >= 0.6 is 0 Å². The minimum atomic E-state index is -0.852. The lowest BCUT2D eigenvalue weighted by Gasteiger charge is -2.31. The van der Waals surface area contributed by atoms with Gasteiger partial charge in [-0.1, -0.05) is 12.1 Å². The van der Waals surface area contributed by atoms with Crippen LogP contribution in [0.1, 0.15) is 36.0 Å². The number of rotatable bonds is 6. The van der Waals surface area contributed by atoms with E-state index in [9.17, 15) is 18.0 Å². The van der Waals surface area contributed by atoms with Gasteiger partial charge < -0.3 is 14.1 Å². The van der Waals surface area contributed by atoms with E-state index in [1.165, 1.54) is 12.1 Å². The third kappa shape index (κ3) is 5.25. The van der Waals surface area contributed by atoms with E-state index in [0.29, 0.717) is 37.2 Å². The summed E-state index contributed by atoms with van der Waals surface area (Å²) in [7, 11) is 0. The molecule has 2 aromatic carbocycles. The summed E-state index contributed by atoms with van der Waals surface area (Å²) >= 11 is 0. The lowest BCUT2D eigenvalue weighted by molar-refractivity contribution is -0.134. The highest BCUT2D eigenvalue weighted by Gasteiger charge is 2.28. The van der Waals surface area contributed by atoms with Gasteiger partial charge in [-0.25, -0.2) is 18.2 Å². The molecule has 1 fully saturated rings. The molecule has 0 radical (unpaired) electrons. The van der Waals surface area contributed by atoms with Gasteiger partial charge in [-0.3, -0.25) is 4.79 Å². The molecule has 1 aromatic heterocycles. The van der Waals surface area contributed by atoms with Gasteiger partial charge in [0.25, 0.3) is 5.91 Å². The van der Waals surface area contributed by atoms with Crippen LogP contribution < -0.4 is 4.74 Å². The number of nitrogens with zero attached hydrogens (tertiary/aromatic N) is 2. The minimum absolute atomic E-state index is 0.0680. The summed E-state index contributed by atoms with van der Waals surface area (Å²) in [6.45, 7) is 0.626. The standard InChI is InChI=1S/C23H21F3N2O3/c24-17-5-1-3-15(9-17)10-19-12-27-23(31-19)16-4-2-8-28(13-16)22(29)14-30-21-7-6-18(25)11-20(21)26/h1,3,5-7,9,11-12,16H,2,4,8,10,13-14H2/t16-/m1/s1. The second kappa shape index (κ2) is 9.24. The average molecular weight is 430 g/mol. The van der Waals surface area contributed by atoms with Crippen molar-refractivity contribution in [1.82, 2.24) is 9.88 Å². The first kappa shape index (κ1) is 21.0. The summed E-state index contributed by atoms with van der Waals surface area (Å²) in [5, 5.41) is 0. The molecule has 0 saturated carbocycles. The molecule has 2 heterocycles. The highest BCUT2D eigenvalue weighted by atomic mass is 19.1. The highest BCUT2D eigenvalue weighted by molar-refractivity contribution is 5.78. The Bertz CT molecular complexity index is 1070. The van der Waals surface area contributed by atoms with Crippen LogP contribution in [0.3, 0.4) is 0 Å². The van der Waals surface area contributed by atoms with Crippen molar-refractivity contribution in [2.24, 2.45) is 0 Å². The van der Waals surface area contributed by atoms with Crippen molar-refractivity contribution in [2.45, 2.75) is 25.2 Å². The number of carbonyl (C=O) groups excluding carboxylic acids is 1. The van der Waals surface area contributed by atoms with Gasteiger partial charge in [0.1, 0.15) is 17.4 Å². The van der Waals surface area contributed by atoms with Crippen LogP contribution in [0.5, 0.6) is 5.75 Å². The number of carbonyl (C=O) groups is 1. The first-order valence-electron chi connectivity index (χ1n) is 10.0. The van der Waals surface area contributed by atoms with Gasteiger partial charge in [-0.05, 0) is 42.7 Å². The molecule has 1 aliphatic heterocycles. The molecule has 8 heteroatoms. The van der Waals surface area contributed by atoms with E-state index in [4.69, 9.17) is 9.15 Å². The van der Waals surface area contributed by atoms with E-state index in [0.717, 1.165) is 30.5 Å². The fourth-order valence-corrected chi connectivity index (χ4v) is 3.67. The van der Waals surface area contributed by atoms with E-state index in [1.807, 2.05) is 6.07 Å². The number of benzene rings is 2. The van der Waals surface area contributed by atoms with Gasteiger partial charge in [0.05, 0.1) is 12.1 Å². The molecule has 162 valence electrons. The number of piperidine rings is 1. The molecule has 0 N–H and O–H groups in total. The molecular formula is C23H21F3N2O3. The van der Waals surface area contributed by atoms with Gasteiger partial charge in [-0.15, -0.1) is 0 Å². The van der Waals surface area contributed by atoms with Gasteiger partial charge in [-0.2, -0.15) is 0 Å². The lowest BCUT2D eigenvalue weighted by Crippen LogP contribution is -2.41. The molecule has 1 saturated heterocycles. The van der Waals surface area contributed by atoms with Crippen LogP contribution in [-0.2, 0) is 11.2 Å². The van der Waals surface area contributed by atoms with Crippen molar-refractivity contribution in [3.63, 3.8) is 0 Å². The van der Waals surface area contributed by atoms with Crippen molar-refractivity contribution >= 4 is 5.91 Å². The van der Waals surface area contributed by atoms with Crippen LogP contribution in [-0.4, -0.2) is 35.5 Å². The molecule has 4 rings (SSSR count). The number of oxazole rings is 1. The maximum atomic E-state index is 13.7. The van der Waals surface area contributed by atoms with Crippen LogP contribution in [0.2, 0.25) is 0 Å². The van der Waals surface area contributed by atoms with Crippen molar-refractivity contribution in [3.05, 3.63) is 83.3 Å². The monoisotopic (exact) mass is 430 g/mol. The Balaban J connectivity index is 1.35. The molecule has 0 aliphatic carbocycles. The van der Waals surface area contributed by atoms with Crippen LogP contribution in [0.25, 0.3) is 0 Å². The summed E-state index contributed by atoms with van der Waals surface area (Å²) in [5.74, 6) is -1.23.